The van der Waals surface area contributed by atoms with Crippen LogP contribution in [0.4, 0.5) is 5.82 Å². The zero-order valence-electron chi connectivity index (χ0n) is 12.8. The number of nitrogens with one attached hydrogen (secondary N) is 1. The summed E-state index contributed by atoms with van der Waals surface area (Å²) in [5, 5.41) is 1.78. The summed E-state index contributed by atoms with van der Waals surface area (Å²) in [7, 11) is 0. The maximum Gasteiger partial charge on any atom is 0.143 e. The Balaban J connectivity index is 2.20. The molecule has 114 valence electrons. The lowest BCUT2D eigenvalue weighted by Crippen LogP contribution is -2.24. The minimum atomic E-state index is 0.728. The monoisotopic (exact) mass is 314 g/mol. The van der Waals surface area contributed by atoms with Crippen LogP contribution in [0.1, 0.15) is 20.3 Å². The van der Waals surface area contributed by atoms with E-state index >= 15 is 0 Å². The molecule has 0 saturated carbocycles. The Bertz CT molecular complexity index is 781. The zero-order chi connectivity index (χ0) is 15.5. The molecule has 0 aliphatic carbocycles. The van der Waals surface area contributed by atoms with E-state index in [-0.39, 0.29) is 0 Å². The van der Waals surface area contributed by atoms with Crippen molar-refractivity contribution in [3.05, 3.63) is 41.8 Å². The number of hydrogen-bond donors (Lipinski definition) is 1. The minimum absolute atomic E-state index is 0.728. The molecule has 0 radical (unpaired) electrons. The predicted molar refractivity (Wildman–Crippen MR) is 92.5 cm³/mol. The van der Waals surface area contributed by atoms with Crippen molar-refractivity contribution >= 4 is 28.5 Å². The van der Waals surface area contributed by atoms with E-state index in [9.17, 15) is 0 Å². The Morgan fingerprint density at radius 2 is 2.09 bits per heavy atom. The molecule has 1 N–H and O–H groups in total. The van der Waals surface area contributed by atoms with Crippen LogP contribution >= 0.6 is 11.6 Å². The Kier molecular flexibility index (Phi) is 4.29. The highest BCUT2D eigenvalue weighted by Crippen LogP contribution is 2.34. The van der Waals surface area contributed by atoms with Crippen molar-refractivity contribution in [3.63, 3.8) is 0 Å². The van der Waals surface area contributed by atoms with Crippen LogP contribution in [0.15, 0.2) is 36.8 Å². The molecule has 2 aromatic heterocycles. The van der Waals surface area contributed by atoms with Gasteiger partial charge in [-0.15, -0.1) is 0 Å². The average molecular weight is 315 g/mol. The summed E-state index contributed by atoms with van der Waals surface area (Å²) in [5.74, 6) is 0.977. The maximum absolute atomic E-state index is 6.14. The molecule has 0 saturated heterocycles. The maximum atomic E-state index is 6.14. The van der Waals surface area contributed by atoms with E-state index in [2.05, 4.69) is 39.8 Å². The highest BCUT2D eigenvalue weighted by Gasteiger charge is 2.16. The normalized spacial score (nSPS) is 11.0. The lowest BCUT2D eigenvalue weighted by atomic mass is 10.1. The number of nitrogens with zero attached hydrogens (tertiary/aromatic N) is 3. The van der Waals surface area contributed by atoms with Crippen molar-refractivity contribution < 1.29 is 0 Å². The number of halogens is 1. The molecule has 1 aromatic carbocycles. The molecule has 22 heavy (non-hydrogen) atoms. The van der Waals surface area contributed by atoms with E-state index in [1.165, 1.54) is 0 Å². The number of fused-ring (bicyclic) bond motifs is 1. The fourth-order valence-electron chi connectivity index (χ4n) is 2.75. The molecule has 5 heteroatoms. The van der Waals surface area contributed by atoms with Gasteiger partial charge in [-0.2, -0.15) is 0 Å². The van der Waals surface area contributed by atoms with Gasteiger partial charge in [0.2, 0.25) is 0 Å². The van der Waals surface area contributed by atoms with Gasteiger partial charge in [-0.25, -0.2) is 9.97 Å². The van der Waals surface area contributed by atoms with E-state index < -0.39 is 0 Å². The first kappa shape index (κ1) is 14.9. The molecular weight excluding hydrogens is 296 g/mol. The van der Waals surface area contributed by atoms with E-state index in [1.807, 2.05) is 24.4 Å². The van der Waals surface area contributed by atoms with Gasteiger partial charge in [-0.3, -0.25) is 0 Å². The molecule has 0 bridgehead atoms. The first-order valence-electron chi connectivity index (χ1n) is 7.57. The molecule has 0 spiro atoms. The molecular formula is C17H19ClN4. The van der Waals surface area contributed by atoms with Crippen LogP contribution in [-0.4, -0.2) is 28.0 Å². The smallest absolute Gasteiger partial charge is 0.143 e. The van der Waals surface area contributed by atoms with Crippen LogP contribution in [0.25, 0.3) is 22.2 Å². The number of rotatable bonds is 5. The highest BCUT2D eigenvalue weighted by molar-refractivity contribution is 6.31. The number of aromatic amines is 1. The van der Waals surface area contributed by atoms with E-state index in [4.69, 9.17) is 11.6 Å². The van der Waals surface area contributed by atoms with Crippen molar-refractivity contribution in [2.45, 2.75) is 20.3 Å². The molecule has 3 rings (SSSR count). The molecule has 0 unspecified atom stereocenters. The van der Waals surface area contributed by atoms with Gasteiger partial charge >= 0.3 is 0 Å². The highest BCUT2D eigenvalue weighted by atomic mass is 35.5. The van der Waals surface area contributed by atoms with Gasteiger partial charge in [-0.1, -0.05) is 30.7 Å². The topological polar surface area (TPSA) is 44.8 Å². The summed E-state index contributed by atoms with van der Waals surface area (Å²) < 4.78 is 0. The second kappa shape index (κ2) is 6.36. The summed E-state index contributed by atoms with van der Waals surface area (Å²) in [4.78, 5) is 14.4. The second-order valence-electron chi connectivity index (χ2n) is 5.21. The first-order valence-corrected chi connectivity index (χ1v) is 7.95. The number of hydrogen-bond acceptors (Lipinski definition) is 3. The van der Waals surface area contributed by atoms with Crippen molar-refractivity contribution in [3.8, 4) is 11.1 Å². The summed E-state index contributed by atoms with van der Waals surface area (Å²) >= 11 is 6.14. The van der Waals surface area contributed by atoms with E-state index in [1.54, 1.807) is 6.33 Å². The van der Waals surface area contributed by atoms with E-state index in [0.717, 1.165) is 52.5 Å². The Labute approximate surface area is 135 Å². The molecule has 0 atom stereocenters. The zero-order valence-corrected chi connectivity index (χ0v) is 13.6. The third-order valence-electron chi connectivity index (χ3n) is 3.76. The van der Waals surface area contributed by atoms with Crippen LogP contribution < -0.4 is 4.90 Å². The standard InChI is InChI=1S/C17H19ClN4/c1-3-8-22(4-2)17-15-14(10-19-16(15)20-11-21-17)12-6-5-7-13(18)9-12/h5-7,9-11H,3-4,8H2,1-2H3,(H,19,20,21). The molecule has 0 fully saturated rings. The average Bonchev–Trinajstić information content (AvgIpc) is 2.97. The van der Waals surface area contributed by atoms with Gasteiger partial charge in [0.1, 0.15) is 17.8 Å². The van der Waals surface area contributed by atoms with Crippen LogP contribution in [-0.2, 0) is 0 Å². The Hall–Kier alpha value is -2.07. The van der Waals surface area contributed by atoms with Crippen LogP contribution in [0.3, 0.4) is 0 Å². The first-order chi connectivity index (χ1) is 10.7. The van der Waals surface area contributed by atoms with Gasteiger partial charge in [0.25, 0.3) is 0 Å². The van der Waals surface area contributed by atoms with Crippen LogP contribution in [0, 0.1) is 0 Å². The molecule has 2 heterocycles. The molecule has 0 aliphatic heterocycles. The number of H-pyrrole nitrogens is 1. The molecule has 0 aliphatic rings. The van der Waals surface area contributed by atoms with Crippen molar-refractivity contribution in [2.24, 2.45) is 0 Å². The van der Waals surface area contributed by atoms with Gasteiger partial charge in [0, 0.05) is 29.9 Å². The summed E-state index contributed by atoms with van der Waals surface area (Å²) in [6, 6.07) is 7.87. The summed E-state index contributed by atoms with van der Waals surface area (Å²) in [6.07, 6.45) is 4.68. The molecule has 0 amide bonds. The fourth-order valence-corrected chi connectivity index (χ4v) is 2.94. The van der Waals surface area contributed by atoms with Gasteiger partial charge in [-0.05, 0) is 31.0 Å². The van der Waals surface area contributed by atoms with Gasteiger partial charge in [0.15, 0.2) is 0 Å². The van der Waals surface area contributed by atoms with Crippen LogP contribution in [0.5, 0.6) is 0 Å². The summed E-state index contributed by atoms with van der Waals surface area (Å²) in [5.41, 5.74) is 3.01. The SMILES string of the molecule is CCCN(CC)c1ncnc2[nH]cc(-c3cccc(Cl)c3)c12. The van der Waals surface area contributed by atoms with Gasteiger partial charge < -0.3 is 9.88 Å². The third kappa shape index (κ3) is 2.66. The Morgan fingerprint density at radius 1 is 1.23 bits per heavy atom. The lowest BCUT2D eigenvalue weighted by Gasteiger charge is -2.22. The number of aromatic nitrogens is 3. The number of anilines is 1. The van der Waals surface area contributed by atoms with Crippen molar-refractivity contribution in [1.82, 2.24) is 15.0 Å². The largest absolute Gasteiger partial charge is 0.356 e. The van der Waals surface area contributed by atoms with Crippen molar-refractivity contribution in [1.29, 1.82) is 0 Å². The van der Waals surface area contributed by atoms with Crippen molar-refractivity contribution in [2.75, 3.05) is 18.0 Å². The predicted octanol–water partition coefficient (Wildman–Crippen LogP) is 4.51. The Morgan fingerprint density at radius 3 is 2.82 bits per heavy atom. The van der Waals surface area contributed by atoms with Gasteiger partial charge in [0.05, 0.1) is 5.39 Å². The molecule has 4 nitrogen and oxygen atoms in total. The van der Waals surface area contributed by atoms with Crippen LogP contribution in [0.2, 0.25) is 5.02 Å². The fraction of sp³-hybridized carbons (Fsp3) is 0.294. The lowest BCUT2D eigenvalue weighted by molar-refractivity contribution is 0.781. The number of benzene rings is 1. The minimum Gasteiger partial charge on any atom is -0.356 e. The quantitative estimate of drug-likeness (QED) is 0.753. The third-order valence-corrected chi connectivity index (χ3v) is 4.00. The van der Waals surface area contributed by atoms with E-state index in [0.29, 0.717) is 0 Å². The summed E-state index contributed by atoms with van der Waals surface area (Å²) in [6.45, 7) is 6.22. The second-order valence-corrected chi connectivity index (χ2v) is 5.65. The molecule has 3 aromatic rings.